The van der Waals surface area contributed by atoms with Crippen LogP contribution in [0.1, 0.15) is 31.2 Å². The van der Waals surface area contributed by atoms with Crippen molar-refractivity contribution in [1.29, 1.82) is 0 Å². The van der Waals surface area contributed by atoms with Crippen molar-refractivity contribution < 1.29 is 14.3 Å². The maximum atomic E-state index is 12.6. The summed E-state index contributed by atoms with van der Waals surface area (Å²) in [5.74, 6) is 1.06. The van der Waals surface area contributed by atoms with Crippen molar-refractivity contribution in [3.63, 3.8) is 0 Å². The number of nitrogens with zero attached hydrogens (tertiary/aromatic N) is 2. The minimum Gasteiger partial charge on any atom is -0.484 e. The molecule has 0 bridgehead atoms. The lowest BCUT2D eigenvalue weighted by molar-refractivity contribution is -0.135. The van der Waals surface area contributed by atoms with Gasteiger partial charge in [0.2, 0.25) is 5.91 Å². The molecule has 2 amide bonds. The lowest BCUT2D eigenvalue weighted by Crippen LogP contribution is -2.50. The molecule has 1 N–H and O–H groups in total. The number of amides is 2. The fourth-order valence-electron chi connectivity index (χ4n) is 4.69. The van der Waals surface area contributed by atoms with Crippen molar-refractivity contribution in [1.82, 2.24) is 15.1 Å². The number of carbonyl (C=O) groups is 2. The molecule has 6 heteroatoms. The first-order valence-electron chi connectivity index (χ1n) is 11.7. The number of ether oxygens (including phenoxy) is 1. The molecule has 4 rings (SSSR count). The molecule has 0 aromatic heterocycles. The van der Waals surface area contributed by atoms with E-state index in [1.165, 1.54) is 0 Å². The maximum absolute atomic E-state index is 12.6. The van der Waals surface area contributed by atoms with Crippen molar-refractivity contribution in [3.8, 4) is 5.75 Å². The highest BCUT2D eigenvalue weighted by Gasteiger charge is 2.31. The van der Waals surface area contributed by atoms with Crippen molar-refractivity contribution in [2.24, 2.45) is 5.92 Å². The van der Waals surface area contributed by atoms with E-state index in [4.69, 9.17) is 4.74 Å². The molecule has 2 aromatic rings. The van der Waals surface area contributed by atoms with Crippen LogP contribution in [0.4, 0.5) is 0 Å². The minimum absolute atomic E-state index is 0.0566. The molecule has 2 aliphatic heterocycles. The number of carbonyl (C=O) groups excluding carboxylic acids is 2. The zero-order valence-corrected chi connectivity index (χ0v) is 18.6. The molecule has 170 valence electrons. The molecule has 0 radical (unpaired) electrons. The normalized spacial score (nSPS) is 18.3. The van der Waals surface area contributed by atoms with E-state index in [2.05, 4.69) is 10.2 Å². The highest BCUT2D eigenvalue weighted by atomic mass is 16.5. The smallest absolute Gasteiger partial charge is 0.260 e. The molecular formula is C26H33N3O3. The summed E-state index contributed by atoms with van der Waals surface area (Å²) < 4.78 is 5.61. The molecule has 2 aliphatic rings. The number of nitrogens with one attached hydrogen (secondary N) is 1. The van der Waals surface area contributed by atoms with Gasteiger partial charge in [0, 0.05) is 31.6 Å². The molecule has 2 aromatic carbocycles. The van der Waals surface area contributed by atoms with Crippen molar-refractivity contribution in [2.75, 3.05) is 32.8 Å². The lowest BCUT2D eigenvalue weighted by atomic mass is 9.92. The standard InChI is InChI=1S/C26H33N3O3/c30-25(20-32-24-9-5-2-6-10-24)29-17-13-23(14-18-29)28-15-11-22(12-16-28)26(31)27-19-21-7-3-1-4-8-21/h1-10,22-23H,11-20H2,(H,27,31). The number of rotatable bonds is 7. The predicted molar refractivity (Wildman–Crippen MR) is 124 cm³/mol. The van der Waals surface area contributed by atoms with Crippen LogP contribution in [0.3, 0.4) is 0 Å². The Labute approximate surface area is 190 Å². The Morgan fingerprint density at radius 2 is 1.47 bits per heavy atom. The quantitative estimate of drug-likeness (QED) is 0.726. The zero-order chi connectivity index (χ0) is 22.2. The van der Waals surface area contributed by atoms with Gasteiger partial charge in [-0.25, -0.2) is 0 Å². The first kappa shape index (κ1) is 22.3. The number of piperidine rings is 2. The average molecular weight is 436 g/mol. The van der Waals surface area contributed by atoms with Crippen LogP contribution in [0.2, 0.25) is 0 Å². The van der Waals surface area contributed by atoms with E-state index in [0.717, 1.165) is 63.2 Å². The van der Waals surface area contributed by atoms with Gasteiger partial charge in [-0.1, -0.05) is 48.5 Å². The molecule has 32 heavy (non-hydrogen) atoms. The lowest BCUT2D eigenvalue weighted by Gasteiger charge is -2.41. The first-order valence-corrected chi connectivity index (χ1v) is 11.7. The van der Waals surface area contributed by atoms with Crippen LogP contribution in [0.5, 0.6) is 5.75 Å². The molecule has 0 saturated carbocycles. The molecule has 2 heterocycles. The summed E-state index contributed by atoms with van der Waals surface area (Å²) in [4.78, 5) is 29.5. The Kier molecular flexibility index (Phi) is 7.77. The summed E-state index contributed by atoms with van der Waals surface area (Å²) in [6.45, 7) is 4.16. The van der Waals surface area contributed by atoms with E-state index in [1.54, 1.807) is 0 Å². The Hall–Kier alpha value is -2.86. The van der Waals surface area contributed by atoms with E-state index in [0.29, 0.717) is 12.6 Å². The maximum Gasteiger partial charge on any atom is 0.260 e. The summed E-state index contributed by atoms with van der Waals surface area (Å²) in [5.41, 5.74) is 1.13. The average Bonchev–Trinajstić information content (AvgIpc) is 2.87. The van der Waals surface area contributed by atoms with Crippen LogP contribution in [-0.2, 0) is 16.1 Å². The Morgan fingerprint density at radius 3 is 2.12 bits per heavy atom. The third-order valence-corrected chi connectivity index (χ3v) is 6.65. The summed E-state index contributed by atoms with van der Waals surface area (Å²) in [6.07, 6.45) is 3.79. The van der Waals surface area contributed by atoms with Crippen molar-refractivity contribution >= 4 is 11.8 Å². The summed E-state index contributed by atoms with van der Waals surface area (Å²) in [5, 5.41) is 3.09. The largest absolute Gasteiger partial charge is 0.484 e. The third kappa shape index (κ3) is 6.10. The van der Waals surface area contributed by atoms with Crippen LogP contribution in [0.25, 0.3) is 0 Å². The highest BCUT2D eigenvalue weighted by Crippen LogP contribution is 2.24. The Bertz CT molecular complexity index is 785. The summed E-state index contributed by atoms with van der Waals surface area (Å²) >= 11 is 0. The minimum atomic E-state index is 0.0566. The SMILES string of the molecule is O=C(NCc1ccccc1)C1CCN(C2CCN(C(=O)COc3ccccc3)CC2)CC1. The molecule has 0 spiro atoms. The fourth-order valence-corrected chi connectivity index (χ4v) is 4.69. The van der Waals surface area contributed by atoms with Gasteiger partial charge in [-0.2, -0.15) is 0 Å². The van der Waals surface area contributed by atoms with Gasteiger partial charge in [0.1, 0.15) is 5.75 Å². The van der Waals surface area contributed by atoms with E-state index in [-0.39, 0.29) is 24.3 Å². The second-order valence-corrected chi connectivity index (χ2v) is 8.73. The van der Waals surface area contributed by atoms with Gasteiger partial charge in [-0.15, -0.1) is 0 Å². The second-order valence-electron chi connectivity index (χ2n) is 8.73. The third-order valence-electron chi connectivity index (χ3n) is 6.65. The Morgan fingerprint density at radius 1 is 0.844 bits per heavy atom. The van der Waals surface area contributed by atoms with E-state index in [1.807, 2.05) is 65.6 Å². The van der Waals surface area contributed by atoms with Crippen molar-refractivity contribution in [2.45, 2.75) is 38.3 Å². The molecule has 0 unspecified atom stereocenters. The van der Waals surface area contributed by atoms with E-state index in [9.17, 15) is 9.59 Å². The highest BCUT2D eigenvalue weighted by molar-refractivity contribution is 5.79. The van der Waals surface area contributed by atoms with Crippen LogP contribution in [0.15, 0.2) is 60.7 Å². The summed E-state index contributed by atoms with van der Waals surface area (Å²) in [7, 11) is 0. The van der Waals surface area contributed by atoms with E-state index < -0.39 is 0 Å². The van der Waals surface area contributed by atoms with Gasteiger partial charge in [-0.3, -0.25) is 9.59 Å². The predicted octanol–water partition coefficient (Wildman–Crippen LogP) is 3.08. The van der Waals surface area contributed by atoms with Crippen LogP contribution >= 0.6 is 0 Å². The number of hydrogen-bond donors (Lipinski definition) is 1. The zero-order valence-electron chi connectivity index (χ0n) is 18.6. The fraction of sp³-hybridized carbons (Fsp3) is 0.462. The van der Waals surface area contributed by atoms with Crippen LogP contribution < -0.4 is 10.1 Å². The van der Waals surface area contributed by atoms with Crippen LogP contribution in [0, 0.1) is 5.92 Å². The summed E-state index contributed by atoms with van der Waals surface area (Å²) in [6, 6.07) is 20.0. The Balaban J connectivity index is 1.14. The van der Waals surface area contributed by atoms with Gasteiger partial charge >= 0.3 is 0 Å². The van der Waals surface area contributed by atoms with Crippen molar-refractivity contribution in [3.05, 3.63) is 66.2 Å². The van der Waals surface area contributed by atoms with Gasteiger partial charge in [0.15, 0.2) is 6.61 Å². The van der Waals surface area contributed by atoms with Crippen LogP contribution in [-0.4, -0.2) is 60.4 Å². The van der Waals surface area contributed by atoms with Gasteiger partial charge in [0.25, 0.3) is 5.91 Å². The monoisotopic (exact) mass is 435 g/mol. The number of para-hydroxylation sites is 1. The molecule has 2 saturated heterocycles. The van der Waals surface area contributed by atoms with Gasteiger partial charge in [-0.05, 0) is 56.5 Å². The van der Waals surface area contributed by atoms with Gasteiger partial charge in [0.05, 0.1) is 0 Å². The molecular weight excluding hydrogens is 402 g/mol. The first-order chi connectivity index (χ1) is 15.7. The topological polar surface area (TPSA) is 61.9 Å². The molecule has 0 aliphatic carbocycles. The second kappa shape index (κ2) is 11.1. The molecule has 6 nitrogen and oxygen atoms in total. The molecule has 2 fully saturated rings. The number of hydrogen-bond acceptors (Lipinski definition) is 4. The molecule has 0 atom stereocenters. The number of benzene rings is 2. The van der Waals surface area contributed by atoms with E-state index >= 15 is 0 Å². The van der Waals surface area contributed by atoms with Gasteiger partial charge < -0.3 is 19.9 Å². The number of likely N-dealkylation sites (tertiary alicyclic amines) is 2.